The van der Waals surface area contributed by atoms with E-state index in [1.54, 1.807) is 0 Å². The van der Waals surface area contributed by atoms with Crippen molar-refractivity contribution in [3.63, 3.8) is 0 Å². The van der Waals surface area contributed by atoms with Crippen LogP contribution < -0.4 is 5.32 Å². The van der Waals surface area contributed by atoms with Gasteiger partial charge in [-0.05, 0) is 31.8 Å². The first-order valence-electron chi connectivity index (χ1n) is 5.97. The molecule has 1 rings (SSSR count). The first-order chi connectivity index (χ1) is 7.33. The predicted molar refractivity (Wildman–Crippen MR) is 60.6 cm³/mol. The second-order valence-corrected chi connectivity index (χ2v) is 3.94. The van der Waals surface area contributed by atoms with E-state index in [-0.39, 0.29) is 6.09 Å². The summed E-state index contributed by atoms with van der Waals surface area (Å²) in [5, 5.41) is 2.71. The lowest BCUT2D eigenvalue weighted by Gasteiger charge is -2.12. The van der Waals surface area contributed by atoms with Crippen LogP contribution in [0, 0.1) is 0 Å². The molecule has 0 atom stereocenters. The largest absolute Gasteiger partial charge is 0.415 e. The van der Waals surface area contributed by atoms with Crippen LogP contribution in [0.15, 0.2) is 11.8 Å². The summed E-state index contributed by atoms with van der Waals surface area (Å²) in [4.78, 5) is 11.3. The van der Waals surface area contributed by atoms with Crippen molar-refractivity contribution in [1.29, 1.82) is 0 Å². The maximum absolute atomic E-state index is 11.3. The van der Waals surface area contributed by atoms with E-state index in [1.165, 1.54) is 19.3 Å². The van der Waals surface area contributed by atoms with Gasteiger partial charge in [0.2, 0.25) is 0 Å². The van der Waals surface area contributed by atoms with E-state index < -0.39 is 0 Å². The lowest BCUT2D eigenvalue weighted by Crippen LogP contribution is -2.24. The molecular weight excluding hydrogens is 190 g/mol. The van der Waals surface area contributed by atoms with Crippen LogP contribution in [0.5, 0.6) is 0 Å². The Labute approximate surface area is 91.9 Å². The van der Waals surface area contributed by atoms with Crippen LogP contribution in [0.3, 0.4) is 0 Å². The van der Waals surface area contributed by atoms with Crippen LogP contribution in [0.25, 0.3) is 0 Å². The van der Waals surface area contributed by atoms with Gasteiger partial charge in [0.25, 0.3) is 0 Å². The molecule has 86 valence electrons. The molecule has 1 N–H and O–H groups in total. The Morgan fingerprint density at radius 2 is 2.20 bits per heavy atom. The van der Waals surface area contributed by atoms with Gasteiger partial charge in [0.15, 0.2) is 0 Å². The molecule has 0 spiro atoms. The van der Waals surface area contributed by atoms with Gasteiger partial charge >= 0.3 is 6.09 Å². The third-order valence-corrected chi connectivity index (χ3v) is 2.49. The van der Waals surface area contributed by atoms with E-state index in [9.17, 15) is 4.79 Å². The zero-order chi connectivity index (χ0) is 10.9. The summed E-state index contributed by atoms with van der Waals surface area (Å²) in [7, 11) is 0. The van der Waals surface area contributed by atoms with Gasteiger partial charge in [-0.2, -0.15) is 0 Å². The van der Waals surface area contributed by atoms with Crippen molar-refractivity contribution in [3.05, 3.63) is 11.8 Å². The fourth-order valence-corrected chi connectivity index (χ4v) is 1.64. The van der Waals surface area contributed by atoms with Crippen molar-refractivity contribution >= 4 is 6.09 Å². The molecule has 1 aliphatic rings. The summed E-state index contributed by atoms with van der Waals surface area (Å²) in [6, 6.07) is 0. The fraction of sp³-hybridized carbons (Fsp3) is 0.750. The number of amides is 1. The zero-order valence-electron chi connectivity index (χ0n) is 9.55. The van der Waals surface area contributed by atoms with Gasteiger partial charge in [-0.15, -0.1) is 0 Å². The summed E-state index contributed by atoms with van der Waals surface area (Å²) in [5.41, 5.74) is 0. The third-order valence-electron chi connectivity index (χ3n) is 2.49. The number of carbonyl (C=O) groups excluding carboxylic acids is 1. The molecule has 0 bridgehead atoms. The molecule has 1 aliphatic carbocycles. The van der Waals surface area contributed by atoms with Crippen LogP contribution in [-0.2, 0) is 4.74 Å². The van der Waals surface area contributed by atoms with Crippen molar-refractivity contribution in [2.45, 2.75) is 51.9 Å². The second-order valence-electron chi connectivity index (χ2n) is 3.94. The molecule has 0 saturated carbocycles. The Bertz CT molecular complexity index is 224. The van der Waals surface area contributed by atoms with Crippen LogP contribution in [0.2, 0.25) is 0 Å². The van der Waals surface area contributed by atoms with Crippen LogP contribution in [-0.4, -0.2) is 12.6 Å². The Kier molecular flexibility index (Phi) is 5.90. The van der Waals surface area contributed by atoms with E-state index in [2.05, 4.69) is 11.4 Å². The number of hydrogen-bond acceptors (Lipinski definition) is 2. The molecule has 0 saturated heterocycles. The van der Waals surface area contributed by atoms with Crippen LogP contribution in [0.4, 0.5) is 4.79 Å². The van der Waals surface area contributed by atoms with Crippen molar-refractivity contribution in [3.8, 4) is 0 Å². The molecule has 0 heterocycles. The van der Waals surface area contributed by atoms with Gasteiger partial charge in [-0.1, -0.05) is 19.8 Å². The molecule has 1 amide bonds. The minimum atomic E-state index is -0.302. The Morgan fingerprint density at radius 3 is 3.00 bits per heavy atom. The Morgan fingerprint density at radius 1 is 1.40 bits per heavy atom. The maximum atomic E-state index is 11.3. The highest BCUT2D eigenvalue weighted by atomic mass is 16.6. The van der Waals surface area contributed by atoms with Crippen LogP contribution in [0.1, 0.15) is 51.9 Å². The highest BCUT2D eigenvalue weighted by Gasteiger charge is 2.07. The van der Waals surface area contributed by atoms with E-state index in [1.807, 2.05) is 6.92 Å². The van der Waals surface area contributed by atoms with E-state index >= 15 is 0 Å². The van der Waals surface area contributed by atoms with Crippen molar-refractivity contribution in [1.82, 2.24) is 5.32 Å². The normalized spacial score (nSPS) is 17.3. The van der Waals surface area contributed by atoms with Gasteiger partial charge in [-0.25, -0.2) is 4.79 Å². The third kappa shape index (κ3) is 5.45. The quantitative estimate of drug-likeness (QED) is 0.777. The molecule has 0 aromatic rings. The molecule has 0 fully saturated rings. The summed E-state index contributed by atoms with van der Waals surface area (Å²) in [5.74, 6) is 0.850. The van der Waals surface area contributed by atoms with Gasteiger partial charge < -0.3 is 10.1 Å². The monoisotopic (exact) mass is 211 g/mol. The van der Waals surface area contributed by atoms with Gasteiger partial charge in [-0.3, -0.25) is 0 Å². The summed E-state index contributed by atoms with van der Waals surface area (Å²) < 4.78 is 5.24. The lowest BCUT2D eigenvalue weighted by atomic mass is 10.1. The lowest BCUT2D eigenvalue weighted by molar-refractivity contribution is 0.171. The van der Waals surface area contributed by atoms with Crippen LogP contribution >= 0.6 is 0 Å². The van der Waals surface area contributed by atoms with E-state index in [4.69, 9.17) is 4.74 Å². The number of allylic oxidation sites excluding steroid dienone is 2. The summed E-state index contributed by atoms with van der Waals surface area (Å²) >= 11 is 0. The molecule has 0 unspecified atom stereocenters. The number of carbonyl (C=O) groups is 1. The standard InChI is InChI=1S/C12H21NO2/c1-2-10-13-12(14)15-11-8-6-4-3-5-7-9-11/h8H,2-7,9-10H2,1H3,(H,13,14). The first-order valence-corrected chi connectivity index (χ1v) is 5.97. The van der Waals surface area contributed by atoms with E-state index in [0.717, 1.165) is 31.4 Å². The summed E-state index contributed by atoms with van der Waals surface area (Å²) in [6.45, 7) is 2.71. The highest BCUT2D eigenvalue weighted by Crippen LogP contribution is 2.17. The molecule has 15 heavy (non-hydrogen) atoms. The zero-order valence-corrected chi connectivity index (χ0v) is 9.55. The predicted octanol–water partition coefficient (Wildman–Crippen LogP) is 3.36. The average Bonchev–Trinajstić information content (AvgIpc) is 2.19. The molecule has 0 radical (unpaired) electrons. The molecule has 0 aliphatic heterocycles. The van der Waals surface area contributed by atoms with Gasteiger partial charge in [0.05, 0.1) is 0 Å². The van der Waals surface area contributed by atoms with Crippen molar-refractivity contribution in [2.75, 3.05) is 6.54 Å². The maximum Gasteiger partial charge on any atom is 0.412 e. The molecular formula is C12H21NO2. The number of ether oxygens (including phenoxy) is 1. The van der Waals surface area contributed by atoms with Crippen molar-refractivity contribution < 1.29 is 9.53 Å². The Hall–Kier alpha value is -0.990. The highest BCUT2D eigenvalue weighted by molar-refractivity contribution is 5.68. The van der Waals surface area contributed by atoms with E-state index in [0.29, 0.717) is 6.54 Å². The van der Waals surface area contributed by atoms with Gasteiger partial charge in [0.1, 0.15) is 5.76 Å². The van der Waals surface area contributed by atoms with Gasteiger partial charge in [0, 0.05) is 13.0 Å². The molecule has 0 aromatic carbocycles. The average molecular weight is 211 g/mol. The minimum Gasteiger partial charge on any atom is -0.415 e. The number of rotatable bonds is 3. The fourth-order valence-electron chi connectivity index (χ4n) is 1.64. The number of alkyl carbamates (subject to hydrolysis) is 1. The number of nitrogens with one attached hydrogen (secondary N) is 1. The minimum absolute atomic E-state index is 0.302. The molecule has 3 nitrogen and oxygen atoms in total. The molecule has 0 aromatic heterocycles. The second kappa shape index (κ2) is 7.32. The molecule has 3 heteroatoms. The first kappa shape index (κ1) is 12.1. The summed E-state index contributed by atoms with van der Waals surface area (Å²) in [6.07, 6.45) is 9.53. The Balaban J connectivity index is 2.30. The SMILES string of the molecule is CCCNC(=O)OC1=CCCCCCC1. The smallest absolute Gasteiger partial charge is 0.412 e. The van der Waals surface area contributed by atoms with Crippen molar-refractivity contribution in [2.24, 2.45) is 0 Å². The topological polar surface area (TPSA) is 38.3 Å². The number of hydrogen-bond donors (Lipinski definition) is 1.